The Morgan fingerprint density at radius 2 is 2.00 bits per heavy atom. The summed E-state index contributed by atoms with van der Waals surface area (Å²) in [6.07, 6.45) is 1.43. The molecule has 0 atom stereocenters. The largest absolute Gasteiger partial charge is 0.489 e. The van der Waals surface area contributed by atoms with Crippen molar-refractivity contribution >= 4 is 56.4 Å². The van der Waals surface area contributed by atoms with E-state index in [-0.39, 0.29) is 19.1 Å². The van der Waals surface area contributed by atoms with Crippen molar-refractivity contribution in [2.75, 3.05) is 17.7 Å². The van der Waals surface area contributed by atoms with E-state index in [1.54, 1.807) is 55.5 Å². The molecule has 2 heterocycles. The van der Waals surface area contributed by atoms with Gasteiger partial charge in [0, 0.05) is 33.4 Å². The highest BCUT2D eigenvalue weighted by Gasteiger charge is 2.18. The maximum atomic E-state index is 12.6. The molecular formula is C24H20ClN3O4S. The summed E-state index contributed by atoms with van der Waals surface area (Å²) < 4.78 is 11.7. The molecule has 0 spiro atoms. The molecule has 1 amide bonds. The first-order chi connectivity index (χ1) is 16.0. The number of hydrogen-bond donors (Lipinski definition) is 2. The number of carbonyl (C=O) groups is 2. The molecule has 0 bridgehead atoms. The molecular weight excluding hydrogens is 462 g/mol. The summed E-state index contributed by atoms with van der Waals surface area (Å²) in [5, 5.41) is 5.89. The van der Waals surface area contributed by atoms with Gasteiger partial charge in [0.1, 0.15) is 18.2 Å². The Bertz CT molecular complexity index is 1340. The standard InChI is InChI=1S/C24H20ClN3O4S/c1-2-31-24(30)19-11-27-22(26)20-15(13-33-21(19)20)12-32-18-8-3-5-14(9-18)23(29)28-17-7-4-6-16(25)10-17/h3-11,13H,2,12H2,1H3,(H2,26,27)(H,28,29). The van der Waals surface area contributed by atoms with Gasteiger partial charge in [-0.3, -0.25) is 4.79 Å². The molecule has 0 fully saturated rings. The predicted octanol–water partition coefficient (Wildman–Crippen LogP) is 5.54. The minimum atomic E-state index is -0.442. The molecule has 33 heavy (non-hydrogen) atoms. The number of pyridine rings is 1. The quantitative estimate of drug-likeness (QED) is 0.336. The lowest BCUT2D eigenvalue weighted by molar-refractivity contribution is 0.0528. The van der Waals surface area contributed by atoms with Crippen LogP contribution in [0, 0.1) is 0 Å². The van der Waals surface area contributed by atoms with Crippen LogP contribution in [-0.2, 0) is 11.3 Å². The summed E-state index contributed by atoms with van der Waals surface area (Å²) in [6, 6.07) is 13.8. The van der Waals surface area contributed by atoms with Gasteiger partial charge in [-0.1, -0.05) is 23.7 Å². The van der Waals surface area contributed by atoms with Crippen LogP contribution in [0.1, 0.15) is 33.2 Å². The lowest BCUT2D eigenvalue weighted by Gasteiger charge is -2.10. The van der Waals surface area contributed by atoms with Gasteiger partial charge in [-0.15, -0.1) is 11.3 Å². The molecule has 0 unspecified atom stereocenters. The number of nitrogens with two attached hydrogens (primary N) is 1. The van der Waals surface area contributed by atoms with Gasteiger partial charge in [-0.05, 0) is 48.7 Å². The maximum absolute atomic E-state index is 12.6. The molecule has 4 aromatic rings. The van der Waals surface area contributed by atoms with Crippen molar-refractivity contribution in [3.05, 3.63) is 81.8 Å². The van der Waals surface area contributed by atoms with Crippen molar-refractivity contribution in [2.45, 2.75) is 13.5 Å². The number of anilines is 2. The minimum Gasteiger partial charge on any atom is -0.489 e. The lowest BCUT2D eigenvalue weighted by Crippen LogP contribution is -2.12. The molecule has 0 aliphatic heterocycles. The summed E-state index contributed by atoms with van der Waals surface area (Å²) in [7, 11) is 0. The molecule has 0 saturated heterocycles. The van der Waals surface area contributed by atoms with Gasteiger partial charge >= 0.3 is 5.97 Å². The monoisotopic (exact) mass is 481 g/mol. The molecule has 2 aromatic carbocycles. The van der Waals surface area contributed by atoms with E-state index in [0.717, 1.165) is 5.56 Å². The number of ether oxygens (including phenoxy) is 2. The topological polar surface area (TPSA) is 104 Å². The Balaban J connectivity index is 1.51. The molecule has 0 saturated carbocycles. The van der Waals surface area contributed by atoms with Crippen molar-refractivity contribution < 1.29 is 19.1 Å². The van der Waals surface area contributed by atoms with Gasteiger partial charge in [0.05, 0.1) is 16.9 Å². The highest BCUT2D eigenvalue weighted by molar-refractivity contribution is 7.17. The zero-order valence-electron chi connectivity index (χ0n) is 17.6. The van der Waals surface area contributed by atoms with Crippen molar-refractivity contribution in [2.24, 2.45) is 0 Å². The third kappa shape index (κ3) is 5.08. The van der Waals surface area contributed by atoms with Gasteiger partial charge in [0.25, 0.3) is 5.91 Å². The average molecular weight is 482 g/mol. The van der Waals surface area contributed by atoms with E-state index < -0.39 is 5.97 Å². The number of aromatic nitrogens is 1. The first-order valence-corrected chi connectivity index (χ1v) is 11.3. The molecule has 0 aliphatic rings. The fourth-order valence-electron chi connectivity index (χ4n) is 3.25. The Morgan fingerprint density at radius 3 is 2.79 bits per heavy atom. The highest BCUT2D eigenvalue weighted by atomic mass is 35.5. The van der Waals surface area contributed by atoms with Crippen molar-refractivity contribution in [1.82, 2.24) is 4.98 Å². The molecule has 0 aliphatic carbocycles. The van der Waals surface area contributed by atoms with Crippen LogP contribution in [0.15, 0.2) is 60.1 Å². The minimum absolute atomic E-state index is 0.192. The third-order valence-electron chi connectivity index (χ3n) is 4.77. The first-order valence-electron chi connectivity index (χ1n) is 10.1. The van der Waals surface area contributed by atoms with E-state index in [1.165, 1.54) is 17.5 Å². The second-order valence-corrected chi connectivity index (χ2v) is 8.34. The zero-order valence-corrected chi connectivity index (χ0v) is 19.2. The number of nitrogen functional groups attached to an aromatic ring is 1. The van der Waals surface area contributed by atoms with Crippen LogP contribution < -0.4 is 15.8 Å². The van der Waals surface area contributed by atoms with E-state index in [2.05, 4.69) is 10.3 Å². The van der Waals surface area contributed by atoms with Crippen LogP contribution in [0.2, 0.25) is 5.02 Å². The first kappa shape index (κ1) is 22.6. The van der Waals surface area contributed by atoms with Crippen LogP contribution in [0.4, 0.5) is 11.5 Å². The van der Waals surface area contributed by atoms with Crippen molar-refractivity contribution in [1.29, 1.82) is 0 Å². The number of halogens is 1. The van der Waals surface area contributed by atoms with E-state index >= 15 is 0 Å². The SMILES string of the molecule is CCOC(=O)c1cnc(N)c2c(COc3cccc(C(=O)Nc4cccc(Cl)c4)c3)csc12. The third-order valence-corrected chi connectivity index (χ3v) is 6.07. The van der Waals surface area contributed by atoms with Crippen LogP contribution >= 0.6 is 22.9 Å². The summed E-state index contributed by atoms with van der Waals surface area (Å²) in [5.74, 6) is 0.104. The normalized spacial score (nSPS) is 10.7. The van der Waals surface area contributed by atoms with Crippen LogP contribution in [-0.4, -0.2) is 23.5 Å². The molecule has 9 heteroatoms. The second kappa shape index (κ2) is 9.89. The number of rotatable bonds is 7. The summed E-state index contributed by atoms with van der Waals surface area (Å²) in [6.45, 7) is 2.21. The van der Waals surface area contributed by atoms with Crippen LogP contribution in [0.5, 0.6) is 5.75 Å². The Kier molecular flexibility index (Phi) is 6.76. The molecule has 0 radical (unpaired) electrons. The second-order valence-electron chi connectivity index (χ2n) is 7.02. The van der Waals surface area contributed by atoms with E-state index in [0.29, 0.717) is 43.5 Å². The van der Waals surface area contributed by atoms with Crippen molar-refractivity contribution in [3.8, 4) is 5.75 Å². The summed E-state index contributed by atoms with van der Waals surface area (Å²) in [5.41, 5.74) is 8.29. The number of hydrogen-bond acceptors (Lipinski definition) is 7. The molecule has 2 aromatic heterocycles. The van der Waals surface area contributed by atoms with E-state index in [9.17, 15) is 9.59 Å². The smallest absolute Gasteiger partial charge is 0.341 e. The fraction of sp³-hybridized carbons (Fsp3) is 0.125. The Hall–Kier alpha value is -3.62. The lowest BCUT2D eigenvalue weighted by atomic mass is 10.1. The van der Waals surface area contributed by atoms with Gasteiger partial charge in [-0.25, -0.2) is 9.78 Å². The molecule has 7 nitrogen and oxygen atoms in total. The molecule has 4 rings (SSSR count). The zero-order chi connectivity index (χ0) is 23.4. The van der Waals surface area contributed by atoms with E-state index in [4.69, 9.17) is 26.8 Å². The number of esters is 1. The number of nitrogens with one attached hydrogen (secondary N) is 1. The summed E-state index contributed by atoms with van der Waals surface area (Å²) >= 11 is 7.35. The average Bonchev–Trinajstić information content (AvgIpc) is 3.23. The number of fused-ring (bicyclic) bond motifs is 1. The summed E-state index contributed by atoms with van der Waals surface area (Å²) in [4.78, 5) is 29.0. The number of thiophene rings is 1. The van der Waals surface area contributed by atoms with E-state index in [1.807, 2.05) is 5.38 Å². The van der Waals surface area contributed by atoms with Crippen molar-refractivity contribution in [3.63, 3.8) is 0 Å². The molecule has 168 valence electrons. The Labute approximate surface area is 199 Å². The van der Waals surface area contributed by atoms with Crippen LogP contribution in [0.25, 0.3) is 10.1 Å². The number of benzene rings is 2. The highest BCUT2D eigenvalue weighted by Crippen LogP contribution is 2.33. The van der Waals surface area contributed by atoms with Gasteiger partial charge in [-0.2, -0.15) is 0 Å². The molecule has 3 N–H and O–H groups in total. The van der Waals surface area contributed by atoms with Crippen LogP contribution in [0.3, 0.4) is 0 Å². The van der Waals surface area contributed by atoms with Gasteiger partial charge < -0.3 is 20.5 Å². The number of carbonyl (C=O) groups excluding carboxylic acids is 2. The number of amides is 1. The number of nitrogens with zero attached hydrogens (tertiary/aromatic N) is 1. The fourth-order valence-corrected chi connectivity index (χ4v) is 4.50. The predicted molar refractivity (Wildman–Crippen MR) is 130 cm³/mol. The van der Waals surface area contributed by atoms with Gasteiger partial charge in [0.15, 0.2) is 0 Å². The van der Waals surface area contributed by atoms with Gasteiger partial charge in [0.2, 0.25) is 0 Å². The Morgan fingerprint density at radius 1 is 1.18 bits per heavy atom. The maximum Gasteiger partial charge on any atom is 0.341 e.